The van der Waals surface area contributed by atoms with Crippen LogP contribution in [-0.4, -0.2) is 70.2 Å². The first-order valence-corrected chi connectivity index (χ1v) is 18.7. The Kier molecular flexibility index (Phi) is 10.7. The van der Waals surface area contributed by atoms with E-state index in [-0.39, 0.29) is 12.9 Å². The van der Waals surface area contributed by atoms with E-state index in [2.05, 4.69) is 20.8 Å². The van der Waals surface area contributed by atoms with E-state index in [0.717, 1.165) is 42.8 Å². The zero-order chi connectivity index (χ0) is 34.2. The molecule has 264 valence electrons. The maximum atomic E-state index is 14.3. The molecule has 2 aromatic rings. The van der Waals surface area contributed by atoms with Gasteiger partial charge in [0.1, 0.15) is 0 Å². The maximum absolute atomic E-state index is 14.3. The normalized spacial score (nSPS) is 28.6. The number of carbonyl (C=O) groups is 1. The van der Waals surface area contributed by atoms with Gasteiger partial charge in [-0.1, -0.05) is 27.2 Å². The molecule has 12 heteroatoms. The van der Waals surface area contributed by atoms with Gasteiger partial charge in [0.15, 0.2) is 23.0 Å². The van der Waals surface area contributed by atoms with Crippen LogP contribution < -0.4 is 28.4 Å². The van der Waals surface area contributed by atoms with Gasteiger partial charge in [0.05, 0.1) is 56.6 Å². The molecule has 4 unspecified atom stereocenters. The lowest BCUT2D eigenvalue weighted by Crippen LogP contribution is -2.46. The summed E-state index contributed by atoms with van der Waals surface area (Å²) < 4.78 is 47.0. The second-order valence-electron chi connectivity index (χ2n) is 13.4. The van der Waals surface area contributed by atoms with Crippen molar-refractivity contribution in [1.29, 1.82) is 0 Å². The zero-order valence-electron chi connectivity index (χ0n) is 28.8. The van der Waals surface area contributed by atoms with E-state index in [1.807, 2.05) is 12.1 Å². The van der Waals surface area contributed by atoms with Crippen molar-refractivity contribution < 1.29 is 47.8 Å². The molecule has 1 N–H and O–H groups in total. The monoisotopic (exact) mass is 704 g/mol. The molecular weight excluding hydrogens is 657 g/mol. The van der Waals surface area contributed by atoms with Crippen LogP contribution in [0.15, 0.2) is 24.3 Å². The lowest BCUT2D eigenvalue weighted by molar-refractivity contribution is -0.197. The number of methoxy groups -OCH3 is 4. The smallest absolute Gasteiger partial charge is 0.314 e. The molecule has 3 heterocycles. The molecule has 1 aliphatic carbocycles. The van der Waals surface area contributed by atoms with Crippen LogP contribution in [0.2, 0.25) is 0 Å². The molecule has 4 aliphatic rings. The molecule has 0 radical (unpaired) electrons. The molecule has 7 atom stereocenters. The molecule has 10 nitrogen and oxygen atoms in total. The Hall–Kier alpha value is -2.67. The first kappa shape index (κ1) is 35.2. The number of aliphatic hydroxyl groups excluding tert-OH is 1. The van der Waals surface area contributed by atoms with E-state index in [1.165, 1.54) is 21.3 Å². The molecule has 1 saturated carbocycles. The first-order chi connectivity index (χ1) is 23.2. The van der Waals surface area contributed by atoms with Crippen molar-refractivity contribution in [2.24, 2.45) is 29.6 Å². The number of ether oxygens (including phenoxy) is 8. The topological polar surface area (TPSA) is 111 Å². The van der Waals surface area contributed by atoms with Gasteiger partial charge in [0, 0.05) is 5.56 Å². The van der Waals surface area contributed by atoms with Gasteiger partial charge in [-0.2, -0.15) is 0 Å². The SMILES string of the molecule is COc1cc([C@@H](O)[C@H]2C(=O)OC(OC3CC(C)CCC3C(C)C)[C@@H]2C2(c3ccc4c(c3OC)OCO4)SCCCS2)cc(OC)c1OC. The van der Waals surface area contributed by atoms with Gasteiger partial charge in [0.25, 0.3) is 0 Å². The summed E-state index contributed by atoms with van der Waals surface area (Å²) in [6.07, 6.45) is 1.78. The fraction of sp³-hybridized carbons (Fsp3) is 0.639. The standard InChI is InChI=1S/C36H48O10S2/c1-19(2)22-10-9-20(3)15-25(22)45-35-29(28(34(38)46-35)30(37)21-16-26(39-4)32(42-7)27(17-21)40-5)36(47-13-8-14-48-36)23-11-12-24-33(31(23)41-6)44-18-43-24/h11-12,16-17,19-20,22,25,28-30,35,37H,8-10,13-15,18H2,1-7H3/t20?,22?,25?,28-,29+,30+,35?/m0/s1. The Morgan fingerprint density at radius 3 is 2.25 bits per heavy atom. The zero-order valence-corrected chi connectivity index (χ0v) is 30.4. The van der Waals surface area contributed by atoms with Crippen molar-refractivity contribution in [2.75, 3.05) is 46.7 Å². The maximum Gasteiger partial charge on any atom is 0.314 e. The van der Waals surface area contributed by atoms with Crippen molar-refractivity contribution in [3.8, 4) is 34.5 Å². The van der Waals surface area contributed by atoms with Crippen LogP contribution in [0.4, 0.5) is 0 Å². The van der Waals surface area contributed by atoms with Crippen molar-refractivity contribution in [3.05, 3.63) is 35.4 Å². The van der Waals surface area contributed by atoms with E-state index in [4.69, 9.17) is 37.9 Å². The van der Waals surface area contributed by atoms with E-state index in [0.29, 0.717) is 57.8 Å². The van der Waals surface area contributed by atoms with Crippen molar-refractivity contribution in [3.63, 3.8) is 0 Å². The van der Waals surface area contributed by atoms with Gasteiger partial charge in [-0.3, -0.25) is 4.79 Å². The number of hydrogen-bond donors (Lipinski definition) is 1. The largest absolute Gasteiger partial charge is 0.493 e. The number of rotatable bonds is 11. The Balaban J connectivity index is 1.51. The minimum Gasteiger partial charge on any atom is -0.493 e. The fourth-order valence-corrected chi connectivity index (χ4v) is 11.6. The summed E-state index contributed by atoms with van der Waals surface area (Å²) in [5.74, 6) is 3.61. The number of thioether (sulfide) groups is 2. The van der Waals surface area contributed by atoms with Gasteiger partial charge in [-0.15, -0.1) is 23.5 Å². The summed E-state index contributed by atoms with van der Waals surface area (Å²) in [5.41, 5.74) is 1.29. The summed E-state index contributed by atoms with van der Waals surface area (Å²) in [4.78, 5) is 14.3. The molecule has 2 saturated heterocycles. The Bertz CT molecular complexity index is 1440. The van der Waals surface area contributed by atoms with Crippen LogP contribution in [0.5, 0.6) is 34.5 Å². The van der Waals surface area contributed by atoms with Gasteiger partial charge in [0.2, 0.25) is 24.6 Å². The average molecular weight is 705 g/mol. The second kappa shape index (κ2) is 14.7. The highest BCUT2D eigenvalue weighted by atomic mass is 32.2. The van der Waals surface area contributed by atoms with Crippen molar-refractivity contribution in [2.45, 2.75) is 69.0 Å². The molecule has 48 heavy (non-hydrogen) atoms. The number of benzene rings is 2. The third-order valence-electron chi connectivity index (χ3n) is 10.3. The van der Waals surface area contributed by atoms with E-state index in [1.54, 1.807) is 42.8 Å². The van der Waals surface area contributed by atoms with E-state index in [9.17, 15) is 9.90 Å². The average Bonchev–Trinajstić information content (AvgIpc) is 3.71. The van der Waals surface area contributed by atoms with Crippen LogP contribution in [0.25, 0.3) is 0 Å². The number of cyclic esters (lactones) is 1. The molecule has 0 bridgehead atoms. The molecule has 0 amide bonds. The molecule has 0 spiro atoms. The number of fused-ring (bicyclic) bond motifs is 1. The van der Waals surface area contributed by atoms with Crippen LogP contribution in [0.1, 0.15) is 63.7 Å². The predicted molar refractivity (Wildman–Crippen MR) is 184 cm³/mol. The minimum atomic E-state index is -1.28. The first-order valence-electron chi connectivity index (χ1n) is 16.8. The number of hydrogen-bond acceptors (Lipinski definition) is 12. The Morgan fingerprint density at radius 2 is 1.62 bits per heavy atom. The fourth-order valence-electron chi connectivity index (χ4n) is 7.86. The van der Waals surface area contributed by atoms with Gasteiger partial charge in [-0.25, -0.2) is 0 Å². The van der Waals surface area contributed by atoms with E-state index >= 15 is 0 Å². The van der Waals surface area contributed by atoms with Crippen LogP contribution >= 0.6 is 23.5 Å². The van der Waals surface area contributed by atoms with Crippen LogP contribution in [0.3, 0.4) is 0 Å². The summed E-state index contributed by atoms with van der Waals surface area (Å²) in [6.45, 7) is 6.82. The van der Waals surface area contributed by atoms with Crippen LogP contribution in [0, 0.1) is 29.6 Å². The summed E-state index contributed by atoms with van der Waals surface area (Å²) in [5, 5.41) is 12.3. The summed E-state index contributed by atoms with van der Waals surface area (Å²) >= 11 is 3.49. The Morgan fingerprint density at radius 1 is 0.938 bits per heavy atom. The molecular formula is C36H48O10S2. The highest BCUT2D eigenvalue weighted by molar-refractivity contribution is 8.18. The third kappa shape index (κ3) is 6.26. The molecule has 0 aromatic heterocycles. The van der Waals surface area contributed by atoms with Gasteiger partial charge >= 0.3 is 5.97 Å². The highest BCUT2D eigenvalue weighted by Gasteiger charge is 2.62. The second-order valence-corrected chi connectivity index (χ2v) is 16.3. The Labute approximate surface area is 291 Å². The van der Waals surface area contributed by atoms with Crippen molar-refractivity contribution in [1.82, 2.24) is 0 Å². The number of carbonyl (C=O) groups excluding carboxylic acids is 1. The third-order valence-corrected chi connectivity index (χ3v) is 13.8. The van der Waals surface area contributed by atoms with Gasteiger partial charge in [-0.05, 0) is 78.4 Å². The summed E-state index contributed by atoms with van der Waals surface area (Å²) in [7, 11) is 6.20. The lowest BCUT2D eigenvalue weighted by atomic mass is 9.75. The number of aliphatic hydroxyl groups is 1. The van der Waals surface area contributed by atoms with Crippen molar-refractivity contribution >= 4 is 29.5 Å². The van der Waals surface area contributed by atoms with Crippen LogP contribution in [-0.2, 0) is 18.3 Å². The quantitative estimate of drug-likeness (QED) is 0.249. The predicted octanol–water partition coefficient (Wildman–Crippen LogP) is 6.80. The minimum absolute atomic E-state index is 0.0954. The molecule has 3 fully saturated rings. The lowest BCUT2D eigenvalue weighted by Gasteiger charge is -2.46. The van der Waals surface area contributed by atoms with E-state index < -0.39 is 34.3 Å². The van der Waals surface area contributed by atoms with Gasteiger partial charge < -0.3 is 43.0 Å². The number of esters is 1. The molecule has 6 rings (SSSR count). The highest BCUT2D eigenvalue weighted by Crippen LogP contribution is 2.65. The summed E-state index contributed by atoms with van der Waals surface area (Å²) in [6, 6.07) is 7.28. The molecule has 3 aliphatic heterocycles. The molecule has 2 aromatic carbocycles.